The molecule has 0 aliphatic carbocycles. The average Bonchev–Trinajstić information content (AvgIpc) is 2.66. The van der Waals surface area contributed by atoms with Gasteiger partial charge < -0.3 is 10.0 Å². The van der Waals surface area contributed by atoms with Gasteiger partial charge in [-0.05, 0) is 25.0 Å². The molecule has 2 rings (SSSR count). The Morgan fingerprint density at radius 3 is 3.21 bits per heavy atom. The van der Waals surface area contributed by atoms with Crippen LogP contribution in [0.4, 0.5) is 10.2 Å². The number of nitrogens with zero attached hydrogens (tertiary/aromatic N) is 2. The van der Waals surface area contributed by atoms with Gasteiger partial charge in [-0.2, -0.15) is 0 Å². The van der Waals surface area contributed by atoms with E-state index in [1.165, 1.54) is 6.07 Å². The Hall–Kier alpha value is -1.16. The van der Waals surface area contributed by atoms with Gasteiger partial charge in [-0.1, -0.05) is 0 Å². The Bertz CT molecular complexity index is 319. The summed E-state index contributed by atoms with van der Waals surface area (Å²) in [4.78, 5) is 5.84. The molecule has 4 heteroatoms. The lowest BCUT2D eigenvalue weighted by atomic mass is 10.2. The monoisotopic (exact) mass is 196 g/mol. The van der Waals surface area contributed by atoms with E-state index in [4.69, 9.17) is 5.11 Å². The second-order valence-corrected chi connectivity index (χ2v) is 3.48. The Kier molecular flexibility index (Phi) is 2.63. The lowest BCUT2D eigenvalue weighted by molar-refractivity contribution is 0.265. The van der Waals surface area contributed by atoms with Crippen molar-refractivity contribution >= 4 is 5.82 Å². The minimum Gasteiger partial charge on any atom is -0.394 e. The van der Waals surface area contributed by atoms with Crippen LogP contribution in [0.1, 0.15) is 12.8 Å². The standard InChI is InChI=1S/C10H13FN2O/c11-9-4-1-5-12-10(9)13-6-2-3-8(13)7-14/h1,4-5,8,14H,2-3,6-7H2/t8-/m1/s1. The summed E-state index contributed by atoms with van der Waals surface area (Å²) in [5, 5.41) is 9.10. The number of hydrogen-bond donors (Lipinski definition) is 1. The summed E-state index contributed by atoms with van der Waals surface area (Å²) < 4.78 is 13.4. The lowest BCUT2D eigenvalue weighted by Gasteiger charge is -2.24. The fraction of sp³-hybridized carbons (Fsp3) is 0.500. The van der Waals surface area contributed by atoms with Gasteiger partial charge in [-0.25, -0.2) is 9.37 Å². The van der Waals surface area contributed by atoms with Gasteiger partial charge in [0.15, 0.2) is 11.6 Å². The maximum atomic E-state index is 13.4. The van der Waals surface area contributed by atoms with Crippen molar-refractivity contribution in [3.8, 4) is 0 Å². The van der Waals surface area contributed by atoms with Crippen LogP contribution >= 0.6 is 0 Å². The fourth-order valence-electron chi connectivity index (χ4n) is 1.89. The molecule has 1 saturated heterocycles. The Labute approximate surface area is 82.2 Å². The molecule has 1 aromatic heterocycles. The maximum Gasteiger partial charge on any atom is 0.165 e. The predicted molar refractivity (Wildman–Crippen MR) is 51.6 cm³/mol. The van der Waals surface area contributed by atoms with Crippen LogP contribution in [0, 0.1) is 5.82 Å². The van der Waals surface area contributed by atoms with E-state index in [1.807, 2.05) is 4.90 Å². The Morgan fingerprint density at radius 1 is 1.64 bits per heavy atom. The molecule has 1 aromatic rings. The van der Waals surface area contributed by atoms with E-state index in [0.717, 1.165) is 19.4 Å². The molecule has 1 aliphatic rings. The number of pyridine rings is 1. The van der Waals surface area contributed by atoms with Crippen molar-refractivity contribution in [1.82, 2.24) is 4.98 Å². The molecule has 0 unspecified atom stereocenters. The number of aliphatic hydroxyl groups is 1. The zero-order valence-electron chi connectivity index (χ0n) is 7.86. The molecule has 1 aliphatic heterocycles. The number of aliphatic hydroxyl groups excluding tert-OH is 1. The predicted octanol–water partition coefficient (Wildman–Crippen LogP) is 1.18. The molecule has 2 heterocycles. The third-order valence-corrected chi connectivity index (χ3v) is 2.60. The van der Waals surface area contributed by atoms with Crippen molar-refractivity contribution in [3.63, 3.8) is 0 Å². The first-order valence-corrected chi connectivity index (χ1v) is 4.81. The SMILES string of the molecule is OC[C@H]1CCCN1c1ncccc1F. The summed E-state index contributed by atoms with van der Waals surface area (Å²) in [5.41, 5.74) is 0. The summed E-state index contributed by atoms with van der Waals surface area (Å²) in [6.07, 6.45) is 3.47. The van der Waals surface area contributed by atoms with Gasteiger partial charge in [0.25, 0.3) is 0 Å². The van der Waals surface area contributed by atoms with Crippen molar-refractivity contribution in [1.29, 1.82) is 0 Å². The minimum atomic E-state index is -0.312. The van der Waals surface area contributed by atoms with Gasteiger partial charge in [0, 0.05) is 12.7 Å². The highest BCUT2D eigenvalue weighted by molar-refractivity contribution is 5.42. The molecular formula is C10H13FN2O. The summed E-state index contributed by atoms with van der Waals surface area (Å²) in [5.74, 6) is 0.0527. The molecule has 14 heavy (non-hydrogen) atoms. The summed E-state index contributed by atoms with van der Waals surface area (Å²) in [6.45, 7) is 0.842. The molecule has 1 fully saturated rings. The maximum absolute atomic E-state index is 13.4. The molecular weight excluding hydrogens is 183 g/mol. The zero-order valence-corrected chi connectivity index (χ0v) is 7.86. The summed E-state index contributed by atoms with van der Waals surface area (Å²) in [6, 6.07) is 3.00. The van der Waals surface area contributed by atoms with E-state index in [0.29, 0.717) is 5.82 Å². The molecule has 1 N–H and O–H groups in total. The molecule has 0 radical (unpaired) electrons. The van der Waals surface area contributed by atoms with Gasteiger partial charge >= 0.3 is 0 Å². The number of halogens is 1. The van der Waals surface area contributed by atoms with E-state index in [2.05, 4.69) is 4.98 Å². The van der Waals surface area contributed by atoms with Crippen LogP contribution in [-0.4, -0.2) is 29.3 Å². The number of aromatic nitrogens is 1. The van der Waals surface area contributed by atoms with Gasteiger partial charge in [0.1, 0.15) is 0 Å². The van der Waals surface area contributed by atoms with E-state index < -0.39 is 0 Å². The second-order valence-electron chi connectivity index (χ2n) is 3.48. The van der Waals surface area contributed by atoms with Crippen LogP contribution in [0.25, 0.3) is 0 Å². The first-order chi connectivity index (χ1) is 6.83. The highest BCUT2D eigenvalue weighted by Gasteiger charge is 2.26. The van der Waals surface area contributed by atoms with Crippen LogP contribution in [0.2, 0.25) is 0 Å². The molecule has 1 atom stereocenters. The quantitative estimate of drug-likeness (QED) is 0.771. The third-order valence-electron chi connectivity index (χ3n) is 2.60. The van der Waals surface area contributed by atoms with Crippen molar-refractivity contribution in [2.45, 2.75) is 18.9 Å². The smallest absolute Gasteiger partial charge is 0.165 e. The van der Waals surface area contributed by atoms with Crippen molar-refractivity contribution in [2.24, 2.45) is 0 Å². The molecule has 0 bridgehead atoms. The fourth-order valence-corrected chi connectivity index (χ4v) is 1.89. The lowest BCUT2D eigenvalue weighted by Crippen LogP contribution is -2.33. The number of rotatable bonds is 2. The summed E-state index contributed by atoms with van der Waals surface area (Å²) >= 11 is 0. The first-order valence-electron chi connectivity index (χ1n) is 4.81. The van der Waals surface area contributed by atoms with Crippen molar-refractivity contribution < 1.29 is 9.50 Å². The topological polar surface area (TPSA) is 36.4 Å². The number of hydrogen-bond acceptors (Lipinski definition) is 3. The van der Waals surface area contributed by atoms with Gasteiger partial charge in [0.2, 0.25) is 0 Å². The van der Waals surface area contributed by atoms with Gasteiger partial charge in [-0.3, -0.25) is 0 Å². The zero-order chi connectivity index (χ0) is 9.97. The highest BCUT2D eigenvalue weighted by Crippen LogP contribution is 2.25. The van der Waals surface area contributed by atoms with Crippen LogP contribution in [-0.2, 0) is 0 Å². The molecule has 0 spiro atoms. The Balaban J connectivity index is 2.26. The van der Waals surface area contributed by atoms with Crippen LogP contribution in [0.3, 0.4) is 0 Å². The minimum absolute atomic E-state index is 0.0272. The average molecular weight is 196 g/mol. The molecule has 76 valence electrons. The normalized spacial score (nSPS) is 21.6. The van der Waals surface area contributed by atoms with Gasteiger partial charge in [-0.15, -0.1) is 0 Å². The van der Waals surface area contributed by atoms with E-state index in [9.17, 15) is 4.39 Å². The highest BCUT2D eigenvalue weighted by atomic mass is 19.1. The van der Waals surface area contributed by atoms with Crippen LogP contribution in [0.15, 0.2) is 18.3 Å². The van der Waals surface area contributed by atoms with E-state index >= 15 is 0 Å². The first kappa shape index (κ1) is 9.40. The molecule has 0 aromatic carbocycles. The second kappa shape index (κ2) is 3.92. The molecule has 0 saturated carbocycles. The summed E-state index contributed by atoms with van der Waals surface area (Å²) in [7, 11) is 0. The third kappa shape index (κ3) is 1.57. The number of anilines is 1. The van der Waals surface area contributed by atoms with Crippen LogP contribution in [0.5, 0.6) is 0 Å². The van der Waals surface area contributed by atoms with Gasteiger partial charge in [0.05, 0.1) is 12.6 Å². The van der Waals surface area contributed by atoms with E-state index in [1.54, 1.807) is 12.3 Å². The molecule has 3 nitrogen and oxygen atoms in total. The largest absolute Gasteiger partial charge is 0.394 e. The van der Waals surface area contributed by atoms with E-state index in [-0.39, 0.29) is 18.5 Å². The van der Waals surface area contributed by atoms with Crippen molar-refractivity contribution in [2.75, 3.05) is 18.1 Å². The Morgan fingerprint density at radius 2 is 2.50 bits per heavy atom. The van der Waals surface area contributed by atoms with Crippen molar-refractivity contribution in [3.05, 3.63) is 24.1 Å². The van der Waals surface area contributed by atoms with Crippen LogP contribution < -0.4 is 4.90 Å². The molecule has 0 amide bonds.